The molecule has 0 radical (unpaired) electrons. The van der Waals surface area contributed by atoms with Crippen molar-refractivity contribution in [3.05, 3.63) is 53.9 Å². The number of carbonyl (C=O) groups excluding carboxylic acids is 2. The van der Waals surface area contributed by atoms with E-state index in [-0.39, 0.29) is 11.8 Å². The van der Waals surface area contributed by atoms with Gasteiger partial charge in [0.15, 0.2) is 0 Å². The van der Waals surface area contributed by atoms with Crippen molar-refractivity contribution in [2.75, 3.05) is 6.61 Å². The predicted molar refractivity (Wildman–Crippen MR) is 78.0 cm³/mol. The average Bonchev–Trinajstić information content (AvgIpc) is 2.92. The number of hydrogen-bond acceptors (Lipinski definition) is 3. The lowest BCUT2D eigenvalue weighted by Crippen LogP contribution is -2.42. The summed E-state index contributed by atoms with van der Waals surface area (Å²) in [6, 6.07) is 10.1. The SMILES string of the molecule is CCOc1ccc(C(=O)NNC(=O)c2cccn2C)cc1. The van der Waals surface area contributed by atoms with Gasteiger partial charge in [-0.05, 0) is 43.3 Å². The van der Waals surface area contributed by atoms with Gasteiger partial charge in [-0.1, -0.05) is 0 Å². The van der Waals surface area contributed by atoms with Crippen molar-refractivity contribution in [3.63, 3.8) is 0 Å². The molecule has 0 aliphatic rings. The molecule has 1 heterocycles. The van der Waals surface area contributed by atoms with Gasteiger partial charge in [0, 0.05) is 18.8 Å². The van der Waals surface area contributed by atoms with Crippen molar-refractivity contribution >= 4 is 11.8 Å². The Bertz CT molecular complexity index is 632. The Morgan fingerprint density at radius 1 is 1.10 bits per heavy atom. The maximum Gasteiger partial charge on any atom is 0.286 e. The zero-order valence-electron chi connectivity index (χ0n) is 11.9. The fraction of sp³-hybridized carbons (Fsp3) is 0.200. The number of nitrogens with zero attached hydrogens (tertiary/aromatic N) is 1. The number of nitrogens with one attached hydrogen (secondary N) is 2. The summed E-state index contributed by atoms with van der Waals surface area (Å²) in [6.45, 7) is 2.46. The van der Waals surface area contributed by atoms with Gasteiger partial charge >= 0.3 is 0 Å². The summed E-state index contributed by atoms with van der Waals surface area (Å²) in [7, 11) is 1.75. The summed E-state index contributed by atoms with van der Waals surface area (Å²) in [5.41, 5.74) is 5.64. The van der Waals surface area contributed by atoms with Crippen LogP contribution in [0.3, 0.4) is 0 Å². The fourth-order valence-corrected chi connectivity index (χ4v) is 1.82. The van der Waals surface area contributed by atoms with Crippen molar-refractivity contribution in [1.29, 1.82) is 0 Å². The molecule has 0 aliphatic carbocycles. The molecule has 21 heavy (non-hydrogen) atoms. The average molecular weight is 287 g/mol. The predicted octanol–water partition coefficient (Wildman–Crippen LogP) is 1.50. The Morgan fingerprint density at radius 3 is 2.33 bits per heavy atom. The van der Waals surface area contributed by atoms with E-state index in [1.54, 1.807) is 54.2 Å². The zero-order chi connectivity index (χ0) is 15.2. The molecule has 0 saturated heterocycles. The Hall–Kier alpha value is -2.76. The number of amides is 2. The van der Waals surface area contributed by atoms with E-state index in [4.69, 9.17) is 4.74 Å². The lowest BCUT2D eigenvalue weighted by Gasteiger charge is -2.08. The molecular formula is C15H17N3O3. The van der Waals surface area contributed by atoms with Gasteiger partial charge in [-0.2, -0.15) is 0 Å². The van der Waals surface area contributed by atoms with E-state index in [0.29, 0.717) is 23.6 Å². The smallest absolute Gasteiger partial charge is 0.286 e. The van der Waals surface area contributed by atoms with Crippen molar-refractivity contribution in [3.8, 4) is 5.75 Å². The van der Waals surface area contributed by atoms with Crippen LogP contribution in [0.5, 0.6) is 5.75 Å². The van der Waals surface area contributed by atoms with Crippen LogP contribution in [0.2, 0.25) is 0 Å². The number of aryl methyl sites for hydroxylation is 1. The van der Waals surface area contributed by atoms with Crippen molar-refractivity contribution in [2.45, 2.75) is 6.92 Å². The molecule has 2 aromatic rings. The highest BCUT2D eigenvalue weighted by Gasteiger charge is 2.11. The molecule has 6 heteroatoms. The number of benzene rings is 1. The summed E-state index contributed by atoms with van der Waals surface area (Å²) in [4.78, 5) is 23.7. The number of carbonyl (C=O) groups is 2. The van der Waals surface area contributed by atoms with Gasteiger partial charge in [-0.3, -0.25) is 20.4 Å². The zero-order valence-corrected chi connectivity index (χ0v) is 11.9. The number of hydrogen-bond donors (Lipinski definition) is 2. The molecule has 6 nitrogen and oxygen atoms in total. The highest BCUT2D eigenvalue weighted by atomic mass is 16.5. The standard InChI is InChI=1S/C15H17N3O3/c1-3-21-12-8-6-11(7-9-12)14(19)16-17-15(20)13-5-4-10-18(13)2/h4-10H,3H2,1-2H3,(H,16,19)(H,17,20). The molecule has 2 amide bonds. The normalized spacial score (nSPS) is 10.0. The van der Waals surface area contributed by atoms with Crippen molar-refractivity contribution < 1.29 is 14.3 Å². The second-order valence-corrected chi connectivity index (χ2v) is 4.37. The number of rotatable bonds is 4. The molecule has 0 fully saturated rings. The third kappa shape index (κ3) is 3.62. The van der Waals surface area contributed by atoms with Crippen LogP contribution in [0, 0.1) is 0 Å². The van der Waals surface area contributed by atoms with E-state index >= 15 is 0 Å². The van der Waals surface area contributed by atoms with Gasteiger partial charge in [0.2, 0.25) is 0 Å². The van der Waals surface area contributed by atoms with E-state index in [0.717, 1.165) is 0 Å². The highest BCUT2D eigenvalue weighted by Crippen LogP contribution is 2.11. The molecule has 0 bridgehead atoms. The first-order valence-electron chi connectivity index (χ1n) is 6.56. The van der Waals surface area contributed by atoms with Gasteiger partial charge in [-0.15, -0.1) is 0 Å². The topological polar surface area (TPSA) is 72.4 Å². The van der Waals surface area contributed by atoms with E-state index < -0.39 is 0 Å². The van der Waals surface area contributed by atoms with Crippen LogP contribution in [0.4, 0.5) is 0 Å². The molecule has 2 rings (SSSR count). The molecule has 0 saturated carbocycles. The number of ether oxygens (including phenoxy) is 1. The lowest BCUT2D eigenvalue weighted by atomic mass is 10.2. The Labute approximate surface area is 122 Å². The first-order chi connectivity index (χ1) is 10.1. The maximum absolute atomic E-state index is 11.9. The molecule has 2 N–H and O–H groups in total. The molecule has 0 unspecified atom stereocenters. The Kier molecular flexibility index (Phi) is 4.61. The summed E-state index contributed by atoms with van der Waals surface area (Å²) in [5, 5.41) is 0. The van der Waals surface area contributed by atoms with Gasteiger partial charge in [0.1, 0.15) is 11.4 Å². The van der Waals surface area contributed by atoms with E-state index in [1.807, 2.05) is 6.92 Å². The fourth-order valence-electron chi connectivity index (χ4n) is 1.82. The minimum absolute atomic E-state index is 0.373. The molecule has 0 spiro atoms. The van der Waals surface area contributed by atoms with E-state index in [9.17, 15) is 9.59 Å². The van der Waals surface area contributed by atoms with Crippen molar-refractivity contribution in [1.82, 2.24) is 15.4 Å². The van der Waals surface area contributed by atoms with Gasteiger partial charge < -0.3 is 9.30 Å². The third-order valence-corrected chi connectivity index (χ3v) is 2.89. The van der Waals surface area contributed by atoms with E-state index in [2.05, 4.69) is 10.9 Å². The second-order valence-electron chi connectivity index (χ2n) is 4.37. The van der Waals surface area contributed by atoms with E-state index in [1.165, 1.54) is 0 Å². The minimum atomic E-state index is -0.388. The molecule has 0 atom stereocenters. The van der Waals surface area contributed by atoms with Crippen LogP contribution in [0.1, 0.15) is 27.8 Å². The minimum Gasteiger partial charge on any atom is -0.494 e. The Balaban J connectivity index is 1.92. The first-order valence-corrected chi connectivity index (χ1v) is 6.56. The summed E-state index contributed by atoms with van der Waals surface area (Å²) >= 11 is 0. The van der Waals surface area contributed by atoms with Crippen LogP contribution in [-0.4, -0.2) is 23.0 Å². The second kappa shape index (κ2) is 6.60. The quantitative estimate of drug-likeness (QED) is 0.837. The largest absolute Gasteiger partial charge is 0.494 e. The van der Waals surface area contributed by atoms with Crippen LogP contribution in [0.25, 0.3) is 0 Å². The van der Waals surface area contributed by atoms with Crippen molar-refractivity contribution in [2.24, 2.45) is 7.05 Å². The molecule has 0 aliphatic heterocycles. The third-order valence-electron chi connectivity index (χ3n) is 2.89. The molecular weight excluding hydrogens is 270 g/mol. The monoisotopic (exact) mass is 287 g/mol. The molecule has 1 aromatic heterocycles. The number of aromatic nitrogens is 1. The maximum atomic E-state index is 11.9. The summed E-state index contributed by atoms with van der Waals surface area (Å²) < 4.78 is 6.96. The summed E-state index contributed by atoms with van der Waals surface area (Å²) in [5.74, 6) is -0.0655. The van der Waals surface area contributed by atoms with Crippen LogP contribution >= 0.6 is 0 Å². The first kappa shape index (κ1) is 14.6. The lowest BCUT2D eigenvalue weighted by molar-refractivity contribution is 0.0842. The number of hydrazine groups is 1. The Morgan fingerprint density at radius 2 is 1.76 bits per heavy atom. The molecule has 110 valence electrons. The van der Waals surface area contributed by atoms with Crippen LogP contribution in [0.15, 0.2) is 42.6 Å². The molecule has 1 aromatic carbocycles. The van der Waals surface area contributed by atoms with Gasteiger partial charge in [0.25, 0.3) is 11.8 Å². The van der Waals surface area contributed by atoms with Crippen LogP contribution < -0.4 is 15.6 Å². The van der Waals surface area contributed by atoms with Gasteiger partial charge in [0.05, 0.1) is 6.61 Å². The summed E-state index contributed by atoms with van der Waals surface area (Å²) in [6.07, 6.45) is 1.75. The van der Waals surface area contributed by atoms with Crippen LogP contribution in [-0.2, 0) is 7.05 Å². The highest BCUT2D eigenvalue weighted by molar-refractivity contribution is 5.98. The van der Waals surface area contributed by atoms with Gasteiger partial charge in [-0.25, -0.2) is 0 Å².